The van der Waals surface area contributed by atoms with Gasteiger partial charge in [0.15, 0.2) is 5.82 Å². The highest BCUT2D eigenvalue weighted by Gasteiger charge is 2.24. The number of alkyl halides is 2. The number of fused-ring (bicyclic) bond motifs is 1. The van der Waals surface area contributed by atoms with E-state index in [1.54, 1.807) is 6.07 Å². The van der Waals surface area contributed by atoms with Crippen LogP contribution in [-0.4, -0.2) is 23.1 Å². The molecule has 0 radical (unpaired) electrons. The smallest absolute Gasteiger partial charge is 0.297 e. The van der Waals surface area contributed by atoms with E-state index in [0.29, 0.717) is 17.3 Å². The molecule has 0 aliphatic carbocycles. The van der Waals surface area contributed by atoms with Gasteiger partial charge in [-0.05, 0) is 36.5 Å². The first-order chi connectivity index (χ1) is 12.2. The van der Waals surface area contributed by atoms with Gasteiger partial charge in [0.1, 0.15) is 5.82 Å². The first kappa shape index (κ1) is 15.9. The summed E-state index contributed by atoms with van der Waals surface area (Å²) in [5, 5.41) is 0.838. The van der Waals surface area contributed by atoms with E-state index in [2.05, 4.69) is 39.1 Å². The monoisotopic (exact) mass is 339 g/mol. The van der Waals surface area contributed by atoms with Crippen molar-refractivity contribution in [2.45, 2.75) is 25.2 Å². The molecular formula is C20H19F2N3. The SMILES string of the molecule is FC(F)c1nc(N2CCC(c3ccccc3)CC2)c2ccccc2n1. The van der Waals surface area contributed by atoms with Crippen molar-refractivity contribution in [3.05, 3.63) is 66.0 Å². The van der Waals surface area contributed by atoms with Gasteiger partial charge in [0, 0.05) is 18.5 Å². The summed E-state index contributed by atoms with van der Waals surface area (Å²) in [4.78, 5) is 10.3. The van der Waals surface area contributed by atoms with E-state index in [9.17, 15) is 8.78 Å². The van der Waals surface area contributed by atoms with Gasteiger partial charge in [-0.3, -0.25) is 0 Å². The van der Waals surface area contributed by atoms with Crippen molar-refractivity contribution < 1.29 is 8.78 Å². The summed E-state index contributed by atoms with van der Waals surface area (Å²) in [6.45, 7) is 1.62. The third kappa shape index (κ3) is 3.18. The fourth-order valence-corrected chi connectivity index (χ4v) is 3.57. The normalized spacial score (nSPS) is 15.9. The van der Waals surface area contributed by atoms with Crippen molar-refractivity contribution in [1.82, 2.24) is 9.97 Å². The van der Waals surface area contributed by atoms with Crippen LogP contribution in [0.4, 0.5) is 14.6 Å². The predicted octanol–water partition coefficient (Wildman–Crippen LogP) is 4.95. The summed E-state index contributed by atoms with van der Waals surface area (Å²) < 4.78 is 26.4. The van der Waals surface area contributed by atoms with E-state index in [4.69, 9.17) is 0 Å². The Balaban J connectivity index is 1.62. The molecule has 1 fully saturated rings. The Morgan fingerprint density at radius 2 is 1.56 bits per heavy atom. The van der Waals surface area contributed by atoms with E-state index < -0.39 is 6.43 Å². The zero-order chi connectivity index (χ0) is 17.2. The van der Waals surface area contributed by atoms with E-state index in [0.717, 1.165) is 31.3 Å². The Morgan fingerprint density at radius 1 is 0.880 bits per heavy atom. The van der Waals surface area contributed by atoms with E-state index in [1.807, 2.05) is 24.3 Å². The number of piperidine rings is 1. The molecule has 3 aromatic rings. The van der Waals surface area contributed by atoms with Crippen LogP contribution in [0.3, 0.4) is 0 Å². The molecule has 5 heteroatoms. The van der Waals surface area contributed by atoms with Crippen LogP contribution in [0.2, 0.25) is 0 Å². The second kappa shape index (κ2) is 6.75. The number of para-hydroxylation sites is 1. The van der Waals surface area contributed by atoms with Gasteiger partial charge in [0.05, 0.1) is 5.52 Å². The van der Waals surface area contributed by atoms with Crippen LogP contribution in [0, 0.1) is 0 Å². The maximum absolute atomic E-state index is 13.2. The molecule has 0 atom stereocenters. The van der Waals surface area contributed by atoms with Gasteiger partial charge in [-0.15, -0.1) is 0 Å². The number of benzene rings is 2. The lowest BCUT2D eigenvalue weighted by atomic mass is 9.89. The number of anilines is 1. The van der Waals surface area contributed by atoms with Gasteiger partial charge < -0.3 is 4.90 Å². The molecule has 0 saturated carbocycles. The molecule has 128 valence electrons. The molecule has 3 nitrogen and oxygen atoms in total. The lowest BCUT2D eigenvalue weighted by molar-refractivity contribution is 0.141. The molecule has 2 aromatic carbocycles. The third-order valence-corrected chi connectivity index (χ3v) is 4.86. The zero-order valence-corrected chi connectivity index (χ0v) is 13.8. The van der Waals surface area contributed by atoms with Gasteiger partial charge in [0.2, 0.25) is 0 Å². The highest BCUT2D eigenvalue weighted by atomic mass is 19.3. The summed E-state index contributed by atoms with van der Waals surface area (Å²) >= 11 is 0. The molecular weight excluding hydrogens is 320 g/mol. The van der Waals surface area contributed by atoms with Crippen LogP contribution in [0.5, 0.6) is 0 Å². The number of hydrogen-bond acceptors (Lipinski definition) is 3. The second-order valence-corrected chi connectivity index (χ2v) is 6.40. The standard InChI is InChI=1S/C20H19F2N3/c21-18(22)19-23-17-9-5-4-8-16(17)20(24-19)25-12-10-15(11-13-25)14-6-2-1-3-7-14/h1-9,15,18H,10-13H2. The van der Waals surface area contributed by atoms with E-state index in [-0.39, 0.29) is 5.82 Å². The van der Waals surface area contributed by atoms with Crippen molar-refractivity contribution in [3.8, 4) is 0 Å². The van der Waals surface area contributed by atoms with Crippen molar-refractivity contribution in [1.29, 1.82) is 0 Å². The third-order valence-electron chi connectivity index (χ3n) is 4.86. The number of rotatable bonds is 3. The summed E-state index contributed by atoms with van der Waals surface area (Å²) in [5.74, 6) is 0.756. The van der Waals surface area contributed by atoms with Gasteiger partial charge in [-0.25, -0.2) is 18.7 Å². The van der Waals surface area contributed by atoms with Crippen LogP contribution < -0.4 is 4.90 Å². The van der Waals surface area contributed by atoms with Crippen LogP contribution in [-0.2, 0) is 0 Å². The van der Waals surface area contributed by atoms with Gasteiger partial charge in [0.25, 0.3) is 6.43 Å². The summed E-state index contributed by atoms with van der Waals surface area (Å²) in [6, 6.07) is 17.9. The maximum atomic E-state index is 13.2. The Bertz CT molecular complexity index is 859. The molecule has 0 bridgehead atoms. The Hall–Kier alpha value is -2.56. The predicted molar refractivity (Wildman–Crippen MR) is 95.1 cm³/mol. The molecule has 2 heterocycles. The molecule has 1 aromatic heterocycles. The number of aromatic nitrogens is 2. The van der Waals surface area contributed by atoms with Crippen LogP contribution >= 0.6 is 0 Å². The van der Waals surface area contributed by atoms with Crippen LogP contribution in [0.15, 0.2) is 54.6 Å². The summed E-state index contributed by atoms with van der Waals surface area (Å²) in [7, 11) is 0. The highest BCUT2D eigenvalue weighted by molar-refractivity contribution is 5.89. The number of hydrogen-bond donors (Lipinski definition) is 0. The fraction of sp³-hybridized carbons (Fsp3) is 0.300. The average molecular weight is 339 g/mol. The van der Waals surface area contributed by atoms with Crippen molar-refractivity contribution >= 4 is 16.7 Å². The first-order valence-electron chi connectivity index (χ1n) is 8.57. The first-order valence-corrected chi connectivity index (χ1v) is 8.57. The van der Waals surface area contributed by atoms with E-state index in [1.165, 1.54) is 5.56 Å². The van der Waals surface area contributed by atoms with Crippen LogP contribution in [0.1, 0.15) is 36.6 Å². The Kier molecular flexibility index (Phi) is 4.30. The fourth-order valence-electron chi connectivity index (χ4n) is 3.57. The average Bonchev–Trinajstić information content (AvgIpc) is 2.68. The Morgan fingerprint density at radius 3 is 2.28 bits per heavy atom. The molecule has 1 saturated heterocycles. The largest absolute Gasteiger partial charge is 0.356 e. The molecule has 0 unspecified atom stereocenters. The summed E-state index contributed by atoms with van der Waals surface area (Å²) in [5.41, 5.74) is 1.93. The minimum absolute atomic E-state index is 0.390. The van der Waals surface area contributed by atoms with Crippen LogP contribution in [0.25, 0.3) is 10.9 Å². The van der Waals surface area contributed by atoms with Gasteiger partial charge >= 0.3 is 0 Å². The molecule has 25 heavy (non-hydrogen) atoms. The Labute approximate surface area is 145 Å². The number of halogens is 2. The van der Waals surface area contributed by atoms with Gasteiger partial charge in [-0.1, -0.05) is 42.5 Å². The molecule has 0 spiro atoms. The van der Waals surface area contributed by atoms with Crippen molar-refractivity contribution in [2.75, 3.05) is 18.0 Å². The summed E-state index contributed by atoms with van der Waals surface area (Å²) in [6.07, 6.45) is -0.677. The lowest BCUT2D eigenvalue weighted by Crippen LogP contribution is -2.34. The molecule has 1 aliphatic heterocycles. The number of nitrogens with zero attached hydrogens (tertiary/aromatic N) is 3. The topological polar surface area (TPSA) is 29.0 Å². The quantitative estimate of drug-likeness (QED) is 0.676. The van der Waals surface area contributed by atoms with Gasteiger partial charge in [-0.2, -0.15) is 0 Å². The van der Waals surface area contributed by atoms with Crippen molar-refractivity contribution in [3.63, 3.8) is 0 Å². The molecule has 4 rings (SSSR count). The molecule has 1 aliphatic rings. The van der Waals surface area contributed by atoms with E-state index >= 15 is 0 Å². The second-order valence-electron chi connectivity index (χ2n) is 6.40. The molecule has 0 N–H and O–H groups in total. The molecule has 0 amide bonds. The maximum Gasteiger partial charge on any atom is 0.297 e. The minimum atomic E-state index is -2.66. The van der Waals surface area contributed by atoms with Crippen molar-refractivity contribution in [2.24, 2.45) is 0 Å². The zero-order valence-electron chi connectivity index (χ0n) is 13.8. The highest BCUT2D eigenvalue weighted by Crippen LogP contribution is 2.33. The minimum Gasteiger partial charge on any atom is -0.356 e. The lowest BCUT2D eigenvalue weighted by Gasteiger charge is -2.33.